The third kappa shape index (κ3) is 81.9. The highest BCUT2D eigenvalue weighted by molar-refractivity contribution is 5.85. The fourth-order valence-electron chi connectivity index (χ4n) is 0. The molecule has 0 aliphatic rings. The van der Waals surface area contributed by atoms with E-state index in [2.05, 4.69) is 5.90 Å². The van der Waals surface area contributed by atoms with E-state index in [0.29, 0.717) is 13.1 Å². The predicted molar refractivity (Wildman–Crippen MR) is 31.3 cm³/mol. The average Bonchev–Trinajstić information content (AvgIpc) is 1.72. The van der Waals surface area contributed by atoms with Crippen molar-refractivity contribution >= 4 is 12.4 Å². The lowest BCUT2D eigenvalue weighted by Gasteiger charge is -1.72. The highest BCUT2D eigenvalue weighted by Gasteiger charge is 1.54. The second kappa shape index (κ2) is 35.6. The van der Waals surface area contributed by atoms with E-state index in [1.807, 2.05) is 0 Å². The standard InChI is InChI=1S/C2H8N2.ClH.H3NO/c3-1-2-4;;1-2/h1-4H2;1H;2H,1H2. The Kier molecular flexibility index (Phi) is 79.8. The quantitative estimate of drug-likeness (QED) is 0.330. The highest BCUT2D eigenvalue weighted by atomic mass is 35.5. The minimum absolute atomic E-state index is 0. The maximum Gasteiger partial charge on any atom is 0.00461 e. The molecule has 0 unspecified atom stereocenters. The van der Waals surface area contributed by atoms with E-state index < -0.39 is 0 Å². The molecule has 0 atom stereocenters. The van der Waals surface area contributed by atoms with Crippen molar-refractivity contribution in [1.82, 2.24) is 0 Å². The summed E-state index contributed by atoms with van der Waals surface area (Å²) >= 11 is 0. The maximum atomic E-state index is 6.50. The molecule has 0 aromatic carbocycles. The number of nitrogens with two attached hydrogens (primary N) is 3. The molecule has 0 amide bonds. The fourth-order valence-corrected chi connectivity index (χ4v) is 0. The van der Waals surface area contributed by atoms with Crippen LogP contribution in [0.25, 0.3) is 0 Å². The van der Waals surface area contributed by atoms with Crippen molar-refractivity contribution in [3.05, 3.63) is 0 Å². The zero-order valence-electron chi connectivity index (χ0n) is 4.00. The largest absolute Gasteiger partial charge is 0.329 e. The molecule has 0 saturated carbocycles. The van der Waals surface area contributed by atoms with Crippen molar-refractivity contribution < 1.29 is 5.21 Å². The van der Waals surface area contributed by atoms with Crippen molar-refractivity contribution in [1.29, 1.82) is 0 Å². The van der Waals surface area contributed by atoms with Crippen LogP contribution in [0.2, 0.25) is 0 Å². The maximum absolute atomic E-state index is 6.50. The number of rotatable bonds is 1. The fraction of sp³-hybridized carbons (Fsp3) is 1.00. The van der Waals surface area contributed by atoms with Crippen LogP contribution in [0.4, 0.5) is 0 Å². The lowest BCUT2D eigenvalue weighted by molar-refractivity contribution is 0.311. The van der Waals surface area contributed by atoms with E-state index in [9.17, 15) is 0 Å². The molecule has 5 heteroatoms. The van der Waals surface area contributed by atoms with Crippen LogP contribution in [0.1, 0.15) is 0 Å². The molecule has 48 valence electrons. The Bertz CT molecular complexity index is 14.9. The smallest absolute Gasteiger partial charge is 0.00461 e. The molecule has 0 bridgehead atoms. The average molecular weight is 130 g/mol. The molecule has 0 aromatic heterocycles. The minimum Gasteiger partial charge on any atom is -0.329 e. The number of hydrogen-bond donors (Lipinski definition) is 4. The first-order valence-electron chi connectivity index (χ1n) is 1.57. The van der Waals surface area contributed by atoms with E-state index in [1.165, 1.54) is 0 Å². The van der Waals surface area contributed by atoms with Crippen molar-refractivity contribution in [2.45, 2.75) is 0 Å². The molecule has 4 nitrogen and oxygen atoms in total. The van der Waals surface area contributed by atoms with E-state index >= 15 is 0 Å². The summed E-state index contributed by atoms with van der Waals surface area (Å²) in [6.07, 6.45) is 0. The Labute approximate surface area is 49.0 Å². The van der Waals surface area contributed by atoms with Crippen LogP contribution in [0, 0.1) is 0 Å². The lowest BCUT2D eigenvalue weighted by Crippen LogP contribution is -2.11. The van der Waals surface area contributed by atoms with E-state index in [4.69, 9.17) is 16.7 Å². The van der Waals surface area contributed by atoms with Crippen LogP contribution < -0.4 is 17.4 Å². The monoisotopic (exact) mass is 129 g/mol. The van der Waals surface area contributed by atoms with Gasteiger partial charge in [-0.15, -0.1) is 12.4 Å². The van der Waals surface area contributed by atoms with Gasteiger partial charge in [-0.3, -0.25) is 0 Å². The van der Waals surface area contributed by atoms with Gasteiger partial charge in [-0.25, -0.2) is 5.90 Å². The van der Waals surface area contributed by atoms with Gasteiger partial charge < -0.3 is 16.7 Å². The second-order valence-electron chi connectivity index (χ2n) is 0.577. The Hall–Kier alpha value is 0.130. The first kappa shape index (κ1) is 15.7. The molecule has 0 rings (SSSR count). The van der Waals surface area contributed by atoms with Gasteiger partial charge in [0.1, 0.15) is 0 Å². The van der Waals surface area contributed by atoms with Crippen molar-refractivity contribution in [2.75, 3.05) is 13.1 Å². The zero-order chi connectivity index (χ0) is 5.41. The van der Waals surface area contributed by atoms with Gasteiger partial charge in [0.05, 0.1) is 0 Å². The van der Waals surface area contributed by atoms with Crippen LogP contribution in [-0.4, -0.2) is 18.3 Å². The molecule has 0 saturated heterocycles. The molecule has 0 aliphatic carbocycles. The van der Waals surface area contributed by atoms with Gasteiger partial charge in [-0.2, -0.15) is 0 Å². The predicted octanol–water partition coefficient (Wildman–Crippen LogP) is -1.34. The van der Waals surface area contributed by atoms with Gasteiger partial charge in [0.15, 0.2) is 0 Å². The van der Waals surface area contributed by atoms with Gasteiger partial charge in [0, 0.05) is 13.1 Å². The minimum atomic E-state index is 0. The SMILES string of the molecule is Cl.NCCN.NO. The van der Waals surface area contributed by atoms with Crippen LogP contribution in [0.5, 0.6) is 0 Å². The summed E-state index contributed by atoms with van der Waals surface area (Å²) in [5.74, 6) is 3.50. The Morgan fingerprint density at radius 1 is 1.00 bits per heavy atom. The summed E-state index contributed by atoms with van der Waals surface area (Å²) in [7, 11) is 0. The van der Waals surface area contributed by atoms with Crippen LogP contribution >= 0.6 is 12.4 Å². The molecule has 0 spiro atoms. The summed E-state index contributed by atoms with van der Waals surface area (Å²) in [4.78, 5) is 0. The molecule has 0 heterocycles. The van der Waals surface area contributed by atoms with Gasteiger partial charge >= 0.3 is 0 Å². The summed E-state index contributed by atoms with van der Waals surface area (Å²) in [5.41, 5.74) is 9.81. The van der Waals surface area contributed by atoms with Crippen molar-refractivity contribution in [3.63, 3.8) is 0 Å². The first-order chi connectivity index (χ1) is 2.91. The topological polar surface area (TPSA) is 98.3 Å². The molecule has 0 aliphatic heterocycles. The van der Waals surface area contributed by atoms with Gasteiger partial charge in [0.2, 0.25) is 0 Å². The summed E-state index contributed by atoms with van der Waals surface area (Å²) in [6, 6.07) is 0. The molecule has 0 fully saturated rings. The first-order valence-corrected chi connectivity index (χ1v) is 1.57. The van der Waals surface area contributed by atoms with E-state index in [-0.39, 0.29) is 12.4 Å². The van der Waals surface area contributed by atoms with Crippen LogP contribution in [-0.2, 0) is 0 Å². The lowest BCUT2D eigenvalue weighted by atomic mass is 10.7. The van der Waals surface area contributed by atoms with Crippen LogP contribution in [0.15, 0.2) is 0 Å². The van der Waals surface area contributed by atoms with E-state index in [0.717, 1.165) is 0 Å². The van der Waals surface area contributed by atoms with Gasteiger partial charge in [-0.1, -0.05) is 0 Å². The Morgan fingerprint density at radius 3 is 1.14 bits per heavy atom. The second-order valence-corrected chi connectivity index (χ2v) is 0.577. The molecule has 0 aromatic rings. The van der Waals surface area contributed by atoms with E-state index in [1.54, 1.807) is 0 Å². The van der Waals surface area contributed by atoms with Gasteiger partial charge in [0.25, 0.3) is 0 Å². The van der Waals surface area contributed by atoms with Crippen molar-refractivity contribution in [3.8, 4) is 0 Å². The highest BCUT2D eigenvalue weighted by Crippen LogP contribution is 1.24. The normalized spacial score (nSPS) is 5.14. The summed E-state index contributed by atoms with van der Waals surface area (Å²) in [5, 5.41) is 6.50. The number of hydrogen-bond acceptors (Lipinski definition) is 4. The third-order valence-electron chi connectivity index (χ3n) is 0.167. The molecular formula is C2H12ClN3O. The zero-order valence-corrected chi connectivity index (χ0v) is 4.82. The molecule has 7 N–H and O–H groups in total. The van der Waals surface area contributed by atoms with Crippen molar-refractivity contribution in [2.24, 2.45) is 17.4 Å². The molecule has 0 radical (unpaired) electrons. The summed E-state index contributed by atoms with van der Waals surface area (Å²) < 4.78 is 0. The Balaban J connectivity index is -0.0000000480. The molecule has 7 heavy (non-hydrogen) atoms. The van der Waals surface area contributed by atoms with Gasteiger partial charge in [-0.05, 0) is 0 Å². The number of halogens is 1. The summed E-state index contributed by atoms with van der Waals surface area (Å²) in [6.45, 7) is 1.19. The third-order valence-corrected chi connectivity index (χ3v) is 0.167. The van der Waals surface area contributed by atoms with Crippen LogP contribution in [0.3, 0.4) is 0 Å². The Morgan fingerprint density at radius 2 is 1.14 bits per heavy atom. The molecular weight excluding hydrogens is 117 g/mol.